The number of nitrogens with one attached hydrogen (secondary N) is 1. The Bertz CT molecular complexity index is 1580. The van der Waals surface area contributed by atoms with Crippen LogP contribution in [-0.4, -0.2) is 23.1 Å². The van der Waals surface area contributed by atoms with E-state index in [0.29, 0.717) is 18.1 Å². The second-order valence-electron chi connectivity index (χ2n) is 11.5. The van der Waals surface area contributed by atoms with Crippen LogP contribution in [-0.2, 0) is 26.9 Å². The number of esters is 1. The molecule has 0 fully saturated rings. The number of rotatable bonds is 12. The van der Waals surface area contributed by atoms with Crippen LogP contribution in [0.4, 0.5) is 17.6 Å². The maximum Gasteiger partial charge on any atom is 0.416 e. The predicted molar refractivity (Wildman–Crippen MR) is 167 cm³/mol. The third kappa shape index (κ3) is 8.75. The van der Waals surface area contributed by atoms with E-state index in [0.717, 1.165) is 27.5 Å². The molecule has 0 saturated carbocycles. The van der Waals surface area contributed by atoms with E-state index in [9.17, 15) is 27.6 Å². The highest BCUT2D eigenvalue weighted by molar-refractivity contribution is 6.31. The van der Waals surface area contributed by atoms with Gasteiger partial charge < -0.3 is 14.6 Å². The summed E-state index contributed by atoms with van der Waals surface area (Å²) in [6.45, 7) is 10.7. The molecule has 0 aliphatic rings. The quantitative estimate of drug-likeness (QED) is 0.158. The lowest BCUT2D eigenvalue weighted by Gasteiger charge is -2.27. The van der Waals surface area contributed by atoms with Gasteiger partial charge in [-0.2, -0.15) is 13.2 Å². The van der Waals surface area contributed by atoms with Crippen molar-refractivity contribution in [3.05, 3.63) is 91.6 Å². The molecule has 2 atom stereocenters. The van der Waals surface area contributed by atoms with Crippen LogP contribution in [0.5, 0.6) is 0 Å². The summed E-state index contributed by atoms with van der Waals surface area (Å²) in [5, 5.41) is 2.48. The van der Waals surface area contributed by atoms with Crippen molar-refractivity contribution in [2.45, 2.75) is 85.5 Å². The molecule has 244 valence electrons. The Balaban J connectivity index is 2.17. The Morgan fingerprint density at radius 2 is 1.71 bits per heavy atom. The summed E-state index contributed by atoms with van der Waals surface area (Å²) in [6, 6.07) is 6.64. The lowest BCUT2D eigenvalue weighted by Crippen LogP contribution is -2.41. The molecule has 0 saturated heterocycles. The van der Waals surface area contributed by atoms with Crippen LogP contribution in [0.1, 0.15) is 86.9 Å². The van der Waals surface area contributed by atoms with Crippen molar-refractivity contribution in [3.8, 4) is 11.1 Å². The van der Waals surface area contributed by atoms with Gasteiger partial charge in [-0.1, -0.05) is 57.0 Å². The molecule has 11 heteroatoms. The molecule has 1 N–H and O–H groups in total. The largest absolute Gasteiger partial charge is 0.466 e. The number of amides is 1. The number of pyridine rings is 1. The first kappa shape index (κ1) is 35.8. The number of nitrogens with zero attached hydrogens (tertiary/aromatic N) is 1. The summed E-state index contributed by atoms with van der Waals surface area (Å²) in [5.41, 5.74) is 0.930. The summed E-state index contributed by atoms with van der Waals surface area (Å²) in [4.78, 5) is 39.7. The van der Waals surface area contributed by atoms with Gasteiger partial charge in [0.05, 0.1) is 29.7 Å². The summed E-state index contributed by atoms with van der Waals surface area (Å²) in [6.07, 6.45) is -3.63. The molecule has 1 aromatic heterocycles. The average Bonchev–Trinajstić information content (AvgIpc) is 2.93. The van der Waals surface area contributed by atoms with Crippen LogP contribution >= 0.6 is 11.6 Å². The van der Waals surface area contributed by atoms with E-state index in [2.05, 4.69) is 5.32 Å². The zero-order valence-corrected chi connectivity index (χ0v) is 27.0. The average molecular weight is 651 g/mol. The summed E-state index contributed by atoms with van der Waals surface area (Å²) in [7, 11) is 0. The minimum Gasteiger partial charge on any atom is -0.466 e. The van der Waals surface area contributed by atoms with Gasteiger partial charge in [-0.05, 0) is 79.5 Å². The zero-order chi connectivity index (χ0) is 33.6. The number of hydrogen-bond donors (Lipinski definition) is 1. The second-order valence-corrected chi connectivity index (χ2v) is 12.0. The molecule has 0 radical (unpaired) electrons. The zero-order valence-electron chi connectivity index (χ0n) is 26.3. The van der Waals surface area contributed by atoms with Gasteiger partial charge in [0, 0.05) is 17.8 Å². The van der Waals surface area contributed by atoms with Crippen LogP contribution in [0.25, 0.3) is 11.1 Å². The normalized spacial score (nSPS) is 13.1. The van der Waals surface area contributed by atoms with Gasteiger partial charge in [0.25, 0.3) is 5.56 Å². The SMILES string of the molecule is CCCc1cn(C(CC(C)C)C(=O)N[C@@H](CC(=O)OCC)c2cc(-c3c(C)cccc3C)cc(Cl)c2F)c(=O)cc1C(F)(F)F. The minimum atomic E-state index is -4.75. The minimum absolute atomic E-state index is 0.0332. The molecule has 0 aliphatic carbocycles. The van der Waals surface area contributed by atoms with Crippen LogP contribution < -0.4 is 10.9 Å². The number of carbonyl (C=O) groups is 2. The Morgan fingerprint density at radius 3 is 2.27 bits per heavy atom. The Hall–Kier alpha value is -3.66. The van der Waals surface area contributed by atoms with Crippen molar-refractivity contribution in [1.29, 1.82) is 0 Å². The Morgan fingerprint density at radius 1 is 1.07 bits per heavy atom. The molecule has 1 unspecified atom stereocenters. The van der Waals surface area contributed by atoms with E-state index >= 15 is 4.39 Å². The number of ether oxygens (including phenoxy) is 1. The van der Waals surface area contributed by atoms with Gasteiger partial charge in [0.1, 0.15) is 11.9 Å². The lowest BCUT2D eigenvalue weighted by molar-refractivity contribution is -0.144. The van der Waals surface area contributed by atoms with Gasteiger partial charge in [0.2, 0.25) is 5.91 Å². The molecule has 1 heterocycles. The summed E-state index contributed by atoms with van der Waals surface area (Å²) in [5.74, 6) is -2.49. The first-order valence-electron chi connectivity index (χ1n) is 14.9. The summed E-state index contributed by atoms with van der Waals surface area (Å²) < 4.78 is 63.1. The van der Waals surface area contributed by atoms with Gasteiger partial charge >= 0.3 is 12.1 Å². The predicted octanol–water partition coefficient (Wildman–Crippen LogP) is 8.29. The number of benzene rings is 2. The number of alkyl halides is 3. The van der Waals surface area contributed by atoms with E-state index in [1.54, 1.807) is 27.7 Å². The van der Waals surface area contributed by atoms with Crippen molar-refractivity contribution < 1.29 is 31.9 Å². The van der Waals surface area contributed by atoms with Crippen LogP contribution in [0.2, 0.25) is 5.02 Å². The van der Waals surface area contributed by atoms with Gasteiger partial charge in [-0.25, -0.2) is 4.39 Å². The summed E-state index contributed by atoms with van der Waals surface area (Å²) >= 11 is 6.36. The third-order valence-electron chi connectivity index (χ3n) is 7.52. The highest BCUT2D eigenvalue weighted by Crippen LogP contribution is 2.36. The molecule has 1 amide bonds. The first-order chi connectivity index (χ1) is 21.1. The number of carbonyl (C=O) groups excluding carboxylic acids is 2. The van der Waals surface area contributed by atoms with E-state index in [1.165, 1.54) is 12.1 Å². The van der Waals surface area contributed by atoms with E-state index in [-0.39, 0.29) is 41.5 Å². The van der Waals surface area contributed by atoms with Gasteiger partial charge in [0.15, 0.2) is 0 Å². The fourth-order valence-electron chi connectivity index (χ4n) is 5.53. The number of halogens is 5. The number of hydrogen-bond acceptors (Lipinski definition) is 4. The highest BCUT2D eigenvalue weighted by Gasteiger charge is 2.36. The van der Waals surface area contributed by atoms with E-state index in [1.807, 2.05) is 32.0 Å². The molecular weight excluding hydrogens is 612 g/mol. The molecule has 3 aromatic rings. The standard InChI is InChI=1S/C34H39ClF4N2O4/c1-7-10-22-18-41(29(42)16-25(22)34(37,38)39)28(13-19(3)4)33(44)40-27(17-30(43)45-8-2)24-14-23(15-26(35)32(24)36)31-20(5)11-9-12-21(31)6/h9,11-12,14-16,18-19,27-28H,7-8,10,13,17H2,1-6H3,(H,40,44)/t27-,28?/m0/s1. The maximum atomic E-state index is 15.7. The maximum absolute atomic E-state index is 15.7. The molecule has 0 spiro atoms. The molecule has 2 aromatic carbocycles. The molecule has 6 nitrogen and oxygen atoms in total. The molecule has 3 rings (SSSR count). The fraction of sp³-hybridized carbons (Fsp3) is 0.441. The molecule has 45 heavy (non-hydrogen) atoms. The van der Waals surface area contributed by atoms with Crippen molar-refractivity contribution in [3.63, 3.8) is 0 Å². The number of aryl methyl sites for hydroxylation is 3. The van der Waals surface area contributed by atoms with Crippen LogP contribution in [0.3, 0.4) is 0 Å². The molecule has 0 bridgehead atoms. The van der Waals surface area contributed by atoms with Crippen molar-refractivity contribution in [1.82, 2.24) is 9.88 Å². The van der Waals surface area contributed by atoms with Crippen LogP contribution in [0, 0.1) is 25.6 Å². The van der Waals surface area contributed by atoms with Crippen molar-refractivity contribution in [2.75, 3.05) is 6.61 Å². The first-order valence-corrected chi connectivity index (χ1v) is 15.3. The Labute approximate surface area is 265 Å². The van der Waals surface area contributed by atoms with Crippen LogP contribution in [0.15, 0.2) is 47.4 Å². The van der Waals surface area contributed by atoms with E-state index in [4.69, 9.17) is 16.3 Å². The molecule has 0 aliphatic heterocycles. The highest BCUT2D eigenvalue weighted by atomic mass is 35.5. The fourth-order valence-corrected chi connectivity index (χ4v) is 5.76. The Kier molecular flexibility index (Phi) is 12.0. The van der Waals surface area contributed by atoms with Gasteiger partial charge in [-0.3, -0.25) is 14.4 Å². The van der Waals surface area contributed by atoms with Crippen molar-refractivity contribution in [2.24, 2.45) is 5.92 Å². The number of aromatic nitrogens is 1. The third-order valence-corrected chi connectivity index (χ3v) is 7.79. The monoisotopic (exact) mass is 650 g/mol. The van der Waals surface area contributed by atoms with E-state index < -0.39 is 53.5 Å². The molecular formula is C34H39ClF4N2O4. The lowest BCUT2D eigenvalue weighted by atomic mass is 9.92. The van der Waals surface area contributed by atoms with Gasteiger partial charge in [-0.15, -0.1) is 0 Å². The van der Waals surface area contributed by atoms with Crippen molar-refractivity contribution >= 4 is 23.5 Å². The second kappa shape index (κ2) is 15.1. The topological polar surface area (TPSA) is 77.4 Å². The smallest absolute Gasteiger partial charge is 0.416 e.